The van der Waals surface area contributed by atoms with Gasteiger partial charge in [-0.1, -0.05) is 0 Å². The zero-order chi connectivity index (χ0) is 14.2. The summed E-state index contributed by atoms with van der Waals surface area (Å²) in [5.74, 6) is -0.793. The van der Waals surface area contributed by atoms with Crippen LogP contribution in [0.3, 0.4) is 0 Å². The topological polar surface area (TPSA) is 91.3 Å². The minimum Gasteiger partial charge on any atom is -0.464 e. The molecule has 0 aromatic rings. The number of hydrogen-bond donors (Lipinski definition) is 1. The number of amides is 3. The van der Waals surface area contributed by atoms with E-state index in [1.807, 2.05) is 0 Å². The number of likely N-dealkylation sites (N-methyl/N-ethyl adjacent to an activating group) is 1. The number of ether oxygens (including phenoxy) is 1. The first-order valence-corrected chi connectivity index (χ1v) is 6.42. The molecule has 1 N–H and O–H groups in total. The monoisotopic (exact) mass is 332 g/mol. The van der Waals surface area contributed by atoms with Gasteiger partial charge >= 0.3 is 12.0 Å². The molecule has 3 amide bonds. The second-order valence-electron chi connectivity index (χ2n) is 4.20. The van der Waals surface area contributed by atoms with Crippen LogP contribution in [0.1, 0.15) is 6.92 Å². The van der Waals surface area contributed by atoms with Crippen molar-refractivity contribution in [2.75, 3.05) is 20.2 Å². The van der Waals surface area contributed by atoms with Gasteiger partial charge in [0.1, 0.15) is 6.61 Å². The van der Waals surface area contributed by atoms with E-state index in [1.165, 1.54) is 11.8 Å². The van der Waals surface area contributed by atoms with Crippen molar-refractivity contribution in [2.24, 2.45) is 4.99 Å². The number of carbonyl (C=O) groups excluding carboxylic acids is 3. The third-order valence-corrected chi connectivity index (χ3v) is 3.61. The summed E-state index contributed by atoms with van der Waals surface area (Å²) >= 11 is 3.25. The van der Waals surface area contributed by atoms with Gasteiger partial charge in [0.05, 0.1) is 6.54 Å². The first-order chi connectivity index (χ1) is 8.91. The van der Waals surface area contributed by atoms with E-state index in [1.54, 1.807) is 11.9 Å². The molecule has 104 valence electrons. The Morgan fingerprint density at radius 1 is 1.53 bits per heavy atom. The van der Waals surface area contributed by atoms with Gasteiger partial charge in [-0.2, -0.15) is 0 Å². The summed E-state index contributed by atoms with van der Waals surface area (Å²) in [5.41, 5.74) is 0. The van der Waals surface area contributed by atoms with Crippen LogP contribution in [0, 0.1) is 0 Å². The molecule has 2 heterocycles. The molecule has 2 atom stereocenters. The highest BCUT2D eigenvalue weighted by molar-refractivity contribution is 9.18. The largest absolute Gasteiger partial charge is 0.464 e. The van der Waals surface area contributed by atoms with Gasteiger partial charge < -0.3 is 14.5 Å². The molecule has 9 heteroatoms. The smallest absolute Gasteiger partial charge is 0.325 e. The number of hydrogen-bond acceptors (Lipinski definition) is 6. The molecule has 1 fully saturated rings. The van der Waals surface area contributed by atoms with Crippen LogP contribution in [0.5, 0.6) is 0 Å². The fraction of sp³-hybridized carbons (Fsp3) is 0.600. The highest BCUT2D eigenvalue weighted by Gasteiger charge is 2.47. The van der Waals surface area contributed by atoms with Crippen LogP contribution in [-0.2, 0) is 14.3 Å². The van der Waals surface area contributed by atoms with Crippen molar-refractivity contribution in [3.05, 3.63) is 0 Å². The van der Waals surface area contributed by atoms with E-state index in [9.17, 15) is 14.4 Å². The van der Waals surface area contributed by atoms with Crippen LogP contribution in [0.2, 0.25) is 0 Å². The summed E-state index contributed by atoms with van der Waals surface area (Å²) in [7, 11) is 1.57. The molecule has 0 aliphatic carbocycles. The Balaban J connectivity index is 2.09. The van der Waals surface area contributed by atoms with Crippen molar-refractivity contribution in [3.63, 3.8) is 0 Å². The van der Waals surface area contributed by atoms with E-state index in [0.29, 0.717) is 11.3 Å². The van der Waals surface area contributed by atoms with Crippen molar-refractivity contribution in [3.8, 4) is 0 Å². The minimum atomic E-state index is -0.604. The van der Waals surface area contributed by atoms with Crippen molar-refractivity contribution < 1.29 is 19.1 Å². The lowest BCUT2D eigenvalue weighted by atomic mass is 10.1. The molecular weight excluding hydrogens is 320 g/mol. The lowest BCUT2D eigenvalue weighted by Crippen LogP contribution is -2.63. The first-order valence-electron chi connectivity index (χ1n) is 5.63. The summed E-state index contributed by atoms with van der Waals surface area (Å²) in [4.78, 5) is 41.3. The molecule has 2 unspecified atom stereocenters. The zero-order valence-electron chi connectivity index (χ0n) is 10.4. The van der Waals surface area contributed by atoms with Gasteiger partial charge in [0.15, 0.2) is 17.0 Å². The number of imide groups is 1. The maximum absolute atomic E-state index is 11.9. The number of nitrogens with one attached hydrogen (secondary N) is 1. The van der Waals surface area contributed by atoms with Crippen LogP contribution in [-0.4, -0.2) is 64.9 Å². The van der Waals surface area contributed by atoms with Crippen molar-refractivity contribution in [1.82, 2.24) is 15.1 Å². The number of fused-ring (bicyclic) bond motifs is 1. The van der Waals surface area contributed by atoms with E-state index in [0.717, 1.165) is 0 Å². The van der Waals surface area contributed by atoms with Gasteiger partial charge in [-0.15, -0.1) is 0 Å². The summed E-state index contributed by atoms with van der Waals surface area (Å²) < 4.78 is 5.31. The van der Waals surface area contributed by atoms with E-state index in [2.05, 4.69) is 26.2 Å². The third-order valence-electron chi connectivity index (χ3n) is 2.95. The molecule has 2 rings (SSSR count). The molecule has 0 spiro atoms. The third kappa shape index (κ3) is 2.55. The highest BCUT2D eigenvalue weighted by Crippen LogP contribution is 2.25. The van der Waals surface area contributed by atoms with E-state index in [4.69, 9.17) is 4.74 Å². The quantitative estimate of drug-likeness (QED) is 0.555. The Morgan fingerprint density at radius 3 is 2.84 bits per heavy atom. The first kappa shape index (κ1) is 13.8. The Morgan fingerprint density at radius 2 is 2.21 bits per heavy atom. The Hall–Kier alpha value is -1.64. The Labute approximate surface area is 117 Å². The van der Waals surface area contributed by atoms with Gasteiger partial charge in [0.25, 0.3) is 5.91 Å². The number of halogens is 1. The number of esters is 1. The second kappa shape index (κ2) is 5.16. The van der Waals surface area contributed by atoms with Crippen molar-refractivity contribution in [2.45, 2.75) is 19.1 Å². The zero-order valence-corrected chi connectivity index (χ0v) is 12.0. The fourth-order valence-electron chi connectivity index (χ4n) is 2.01. The second-order valence-corrected chi connectivity index (χ2v) is 4.90. The molecule has 1 saturated heterocycles. The standard InChI is InChI=1S/C10H13BrN4O4/c1-5(16)19-4-3-15-6-7(12-9(15)11)14(2)10(18)13-8(6)17/h6-7H,3-4H2,1-2H3,(H,13,17,18). The van der Waals surface area contributed by atoms with E-state index in [-0.39, 0.29) is 12.6 Å². The number of nitrogens with zero attached hydrogens (tertiary/aromatic N) is 3. The van der Waals surface area contributed by atoms with Crippen LogP contribution in [0.15, 0.2) is 4.99 Å². The maximum Gasteiger partial charge on any atom is 0.325 e. The van der Waals surface area contributed by atoms with Gasteiger partial charge in [0.2, 0.25) is 0 Å². The number of urea groups is 1. The van der Waals surface area contributed by atoms with Gasteiger partial charge in [-0.25, -0.2) is 9.79 Å². The summed E-state index contributed by atoms with van der Waals surface area (Å²) in [6.45, 7) is 1.78. The average Bonchev–Trinajstić information content (AvgIpc) is 2.64. The molecular formula is C10H13BrN4O4. The number of aliphatic imine (C=N–C) groups is 1. The van der Waals surface area contributed by atoms with Crippen LogP contribution in [0.4, 0.5) is 4.79 Å². The van der Waals surface area contributed by atoms with Gasteiger partial charge in [-0.3, -0.25) is 14.9 Å². The number of amidine groups is 1. The molecule has 0 aromatic carbocycles. The predicted octanol–water partition coefficient (Wildman–Crippen LogP) is -0.508. The van der Waals surface area contributed by atoms with E-state index < -0.39 is 24.1 Å². The van der Waals surface area contributed by atoms with Gasteiger partial charge in [-0.05, 0) is 15.9 Å². The van der Waals surface area contributed by atoms with Crippen LogP contribution >= 0.6 is 15.9 Å². The molecule has 2 aliphatic heterocycles. The maximum atomic E-state index is 11.9. The van der Waals surface area contributed by atoms with Crippen molar-refractivity contribution in [1.29, 1.82) is 0 Å². The summed E-state index contributed by atoms with van der Waals surface area (Å²) in [6.07, 6.45) is -0.562. The molecule has 2 aliphatic rings. The molecule has 0 aromatic heterocycles. The lowest BCUT2D eigenvalue weighted by molar-refractivity contribution is -0.141. The Bertz CT molecular complexity index is 466. The SMILES string of the molecule is CC(=O)OCCN1C(Br)=NC2C1C(=O)NC(=O)N2C. The number of carbonyl (C=O) groups is 3. The summed E-state index contributed by atoms with van der Waals surface area (Å²) in [5, 5.41) is 2.25. The van der Waals surface area contributed by atoms with Crippen molar-refractivity contribution >= 4 is 38.6 Å². The Kier molecular flexibility index (Phi) is 3.74. The average molecular weight is 333 g/mol. The lowest BCUT2D eigenvalue weighted by Gasteiger charge is -2.35. The molecule has 0 radical (unpaired) electrons. The normalized spacial score (nSPS) is 25.9. The minimum absolute atomic E-state index is 0.147. The van der Waals surface area contributed by atoms with Crippen LogP contribution in [0.25, 0.3) is 0 Å². The van der Waals surface area contributed by atoms with Crippen LogP contribution < -0.4 is 5.32 Å². The molecule has 0 saturated carbocycles. The molecule has 19 heavy (non-hydrogen) atoms. The predicted molar refractivity (Wildman–Crippen MR) is 68.6 cm³/mol. The van der Waals surface area contributed by atoms with Gasteiger partial charge in [0, 0.05) is 14.0 Å². The van der Waals surface area contributed by atoms with E-state index >= 15 is 0 Å². The molecule has 8 nitrogen and oxygen atoms in total. The fourth-order valence-corrected chi connectivity index (χ4v) is 2.62. The summed E-state index contributed by atoms with van der Waals surface area (Å²) in [6, 6.07) is -1.08. The molecule has 0 bridgehead atoms. The highest BCUT2D eigenvalue weighted by atomic mass is 79.9. The number of rotatable bonds is 3.